The second kappa shape index (κ2) is 9.96. The van der Waals surface area contributed by atoms with Crippen molar-refractivity contribution in [3.8, 4) is 0 Å². The molecule has 0 aliphatic carbocycles. The van der Waals surface area contributed by atoms with Crippen LogP contribution in [0.2, 0.25) is 0 Å². The Morgan fingerprint density at radius 2 is 1.34 bits per heavy atom. The van der Waals surface area contributed by atoms with E-state index in [1.54, 1.807) is 0 Å². The van der Waals surface area contributed by atoms with Crippen LogP contribution in [-0.2, 0) is 17.9 Å². The van der Waals surface area contributed by atoms with Crippen LogP contribution in [0.25, 0.3) is 0 Å². The largest absolute Gasteiger partial charge is 0.339 e. The molecular formula is C23H31N5O. The molecule has 4 rings (SSSR count). The summed E-state index contributed by atoms with van der Waals surface area (Å²) in [6.07, 6.45) is 1.84. The van der Waals surface area contributed by atoms with Crippen LogP contribution in [0.15, 0.2) is 54.7 Å². The molecule has 2 aliphatic heterocycles. The van der Waals surface area contributed by atoms with Crippen molar-refractivity contribution >= 4 is 5.91 Å². The summed E-state index contributed by atoms with van der Waals surface area (Å²) < 4.78 is 0. The van der Waals surface area contributed by atoms with E-state index in [0.717, 1.165) is 71.1 Å². The lowest BCUT2D eigenvalue weighted by Crippen LogP contribution is -2.53. The van der Waals surface area contributed by atoms with Gasteiger partial charge in [0.2, 0.25) is 5.91 Å². The zero-order valence-electron chi connectivity index (χ0n) is 17.1. The summed E-state index contributed by atoms with van der Waals surface area (Å²) in [7, 11) is 0. The molecule has 2 aliphatic rings. The van der Waals surface area contributed by atoms with E-state index in [-0.39, 0.29) is 5.91 Å². The molecule has 2 fully saturated rings. The SMILES string of the molecule is O=C(CN1CCN(Cc2ccccc2)CC1)N1CCN(Cc2ccccn2)CC1. The summed E-state index contributed by atoms with van der Waals surface area (Å²) in [5.74, 6) is 0.277. The fraction of sp³-hybridized carbons (Fsp3) is 0.478. The highest BCUT2D eigenvalue weighted by molar-refractivity contribution is 5.78. The molecular weight excluding hydrogens is 362 g/mol. The molecule has 6 heteroatoms. The van der Waals surface area contributed by atoms with Gasteiger partial charge in [-0.15, -0.1) is 0 Å². The van der Waals surface area contributed by atoms with Gasteiger partial charge in [-0.3, -0.25) is 24.5 Å². The Hall–Kier alpha value is -2.28. The maximum Gasteiger partial charge on any atom is 0.236 e. The number of aromatic nitrogens is 1. The maximum atomic E-state index is 12.7. The molecule has 0 bridgehead atoms. The Labute approximate surface area is 173 Å². The minimum atomic E-state index is 0.277. The molecule has 0 unspecified atom stereocenters. The quantitative estimate of drug-likeness (QED) is 0.745. The van der Waals surface area contributed by atoms with Crippen LogP contribution in [0, 0.1) is 0 Å². The number of hydrogen-bond acceptors (Lipinski definition) is 5. The Morgan fingerprint density at radius 3 is 2.03 bits per heavy atom. The van der Waals surface area contributed by atoms with E-state index in [0.29, 0.717) is 6.54 Å². The van der Waals surface area contributed by atoms with E-state index in [1.807, 2.05) is 23.2 Å². The average molecular weight is 394 g/mol. The van der Waals surface area contributed by atoms with Gasteiger partial charge < -0.3 is 4.90 Å². The molecule has 0 N–H and O–H groups in total. The highest BCUT2D eigenvalue weighted by atomic mass is 16.2. The average Bonchev–Trinajstić information content (AvgIpc) is 2.77. The van der Waals surface area contributed by atoms with E-state index in [9.17, 15) is 4.79 Å². The zero-order valence-corrected chi connectivity index (χ0v) is 17.1. The highest BCUT2D eigenvalue weighted by Crippen LogP contribution is 2.10. The second-order valence-corrected chi connectivity index (χ2v) is 8.02. The third kappa shape index (κ3) is 5.85. The van der Waals surface area contributed by atoms with E-state index in [4.69, 9.17) is 0 Å². The molecule has 1 aromatic heterocycles. The van der Waals surface area contributed by atoms with Crippen LogP contribution in [0.1, 0.15) is 11.3 Å². The van der Waals surface area contributed by atoms with Crippen LogP contribution in [-0.4, -0.2) is 89.4 Å². The van der Waals surface area contributed by atoms with Gasteiger partial charge >= 0.3 is 0 Å². The predicted octanol–water partition coefficient (Wildman–Crippen LogP) is 1.54. The fourth-order valence-corrected chi connectivity index (χ4v) is 4.11. The van der Waals surface area contributed by atoms with Crippen molar-refractivity contribution in [1.82, 2.24) is 24.6 Å². The Balaban J connectivity index is 1.16. The van der Waals surface area contributed by atoms with Crippen LogP contribution >= 0.6 is 0 Å². The first-order valence-electron chi connectivity index (χ1n) is 10.6. The number of hydrogen-bond donors (Lipinski definition) is 0. The van der Waals surface area contributed by atoms with Gasteiger partial charge in [0, 0.05) is 71.6 Å². The Bertz CT molecular complexity index is 753. The Kier molecular flexibility index (Phi) is 6.87. The minimum Gasteiger partial charge on any atom is -0.339 e. The first kappa shape index (κ1) is 20.0. The number of piperazine rings is 2. The predicted molar refractivity (Wildman–Crippen MR) is 114 cm³/mol. The second-order valence-electron chi connectivity index (χ2n) is 8.02. The van der Waals surface area contributed by atoms with Gasteiger partial charge in [-0.25, -0.2) is 0 Å². The van der Waals surface area contributed by atoms with E-state index in [1.165, 1.54) is 5.56 Å². The molecule has 0 atom stereocenters. The summed E-state index contributed by atoms with van der Waals surface area (Å²) >= 11 is 0. The number of amides is 1. The van der Waals surface area contributed by atoms with Gasteiger partial charge in [-0.2, -0.15) is 0 Å². The van der Waals surface area contributed by atoms with Crippen molar-refractivity contribution in [2.24, 2.45) is 0 Å². The smallest absolute Gasteiger partial charge is 0.236 e. The number of nitrogens with zero attached hydrogens (tertiary/aromatic N) is 5. The molecule has 29 heavy (non-hydrogen) atoms. The zero-order chi connectivity index (χ0) is 19.9. The molecule has 1 amide bonds. The lowest BCUT2D eigenvalue weighted by molar-refractivity contribution is -0.134. The van der Waals surface area contributed by atoms with Gasteiger partial charge in [0.15, 0.2) is 0 Å². The van der Waals surface area contributed by atoms with Crippen molar-refractivity contribution < 1.29 is 4.79 Å². The lowest BCUT2D eigenvalue weighted by atomic mass is 10.2. The van der Waals surface area contributed by atoms with Crippen molar-refractivity contribution in [2.45, 2.75) is 13.1 Å². The summed E-state index contributed by atoms with van der Waals surface area (Å²) in [5, 5.41) is 0. The topological polar surface area (TPSA) is 42.9 Å². The molecule has 2 saturated heterocycles. The van der Waals surface area contributed by atoms with Crippen LogP contribution < -0.4 is 0 Å². The molecule has 6 nitrogen and oxygen atoms in total. The highest BCUT2D eigenvalue weighted by Gasteiger charge is 2.24. The Morgan fingerprint density at radius 1 is 0.724 bits per heavy atom. The number of pyridine rings is 1. The third-order valence-electron chi connectivity index (χ3n) is 5.91. The first-order chi connectivity index (χ1) is 14.3. The van der Waals surface area contributed by atoms with Gasteiger partial charge in [0.25, 0.3) is 0 Å². The van der Waals surface area contributed by atoms with E-state index >= 15 is 0 Å². The summed E-state index contributed by atoms with van der Waals surface area (Å²) in [4.78, 5) is 26.4. The molecule has 0 saturated carbocycles. The van der Waals surface area contributed by atoms with Crippen LogP contribution in [0.5, 0.6) is 0 Å². The van der Waals surface area contributed by atoms with Crippen LogP contribution in [0.3, 0.4) is 0 Å². The van der Waals surface area contributed by atoms with Gasteiger partial charge in [-0.1, -0.05) is 36.4 Å². The molecule has 1 aromatic carbocycles. The van der Waals surface area contributed by atoms with Crippen LogP contribution in [0.4, 0.5) is 0 Å². The number of carbonyl (C=O) groups excluding carboxylic acids is 1. The van der Waals surface area contributed by atoms with Crippen molar-refractivity contribution in [3.63, 3.8) is 0 Å². The molecule has 0 spiro atoms. The van der Waals surface area contributed by atoms with Crippen molar-refractivity contribution in [3.05, 3.63) is 66.0 Å². The van der Waals surface area contributed by atoms with Gasteiger partial charge in [0.1, 0.15) is 0 Å². The first-order valence-corrected chi connectivity index (χ1v) is 10.6. The van der Waals surface area contributed by atoms with E-state index in [2.05, 4.69) is 56.1 Å². The minimum absolute atomic E-state index is 0.277. The maximum absolute atomic E-state index is 12.7. The molecule has 3 heterocycles. The van der Waals surface area contributed by atoms with Gasteiger partial charge in [-0.05, 0) is 17.7 Å². The summed E-state index contributed by atoms with van der Waals surface area (Å²) in [6, 6.07) is 16.7. The fourth-order valence-electron chi connectivity index (χ4n) is 4.11. The monoisotopic (exact) mass is 393 g/mol. The number of benzene rings is 1. The number of rotatable bonds is 6. The molecule has 2 aromatic rings. The van der Waals surface area contributed by atoms with Crippen molar-refractivity contribution in [2.75, 3.05) is 58.9 Å². The van der Waals surface area contributed by atoms with Crippen molar-refractivity contribution in [1.29, 1.82) is 0 Å². The lowest BCUT2D eigenvalue weighted by Gasteiger charge is -2.38. The molecule has 0 radical (unpaired) electrons. The summed E-state index contributed by atoms with van der Waals surface area (Å²) in [5.41, 5.74) is 2.46. The molecule has 154 valence electrons. The van der Waals surface area contributed by atoms with E-state index < -0.39 is 0 Å². The normalized spacial score (nSPS) is 19.4. The number of carbonyl (C=O) groups is 1. The third-order valence-corrected chi connectivity index (χ3v) is 5.91. The standard InChI is InChI=1S/C23H31N5O/c29-23(28-16-14-26(15-17-28)19-22-8-4-5-9-24-22)20-27-12-10-25(11-13-27)18-21-6-2-1-3-7-21/h1-9H,10-20H2. The van der Waals surface area contributed by atoms with Gasteiger partial charge in [0.05, 0.1) is 12.2 Å². The summed E-state index contributed by atoms with van der Waals surface area (Å²) in [6.45, 7) is 9.91.